The Balaban J connectivity index is 2.32. The normalized spacial score (nSPS) is 25.0. The molecule has 1 nitrogen and oxygen atoms in total. The van der Waals surface area contributed by atoms with E-state index >= 15 is 0 Å². The molecule has 0 saturated heterocycles. The largest absolute Gasteiger partial charge is 0.384 e. The van der Waals surface area contributed by atoms with E-state index in [1.165, 1.54) is 30.5 Å². The average Bonchev–Trinajstić information content (AvgIpc) is 2.43. The fourth-order valence-electron chi connectivity index (χ4n) is 2.43. The van der Waals surface area contributed by atoms with Crippen molar-refractivity contribution in [2.75, 3.05) is 6.54 Å². The predicted molar refractivity (Wildman–Crippen MR) is 56.3 cm³/mol. The average molecular weight is 175 g/mol. The van der Waals surface area contributed by atoms with Crippen LogP contribution in [0, 0.1) is 5.41 Å². The lowest BCUT2D eigenvalue weighted by Gasteiger charge is -2.39. The molecule has 2 aliphatic rings. The van der Waals surface area contributed by atoms with Crippen LogP contribution in [0.3, 0.4) is 0 Å². The van der Waals surface area contributed by atoms with E-state index in [1.54, 1.807) is 0 Å². The highest BCUT2D eigenvalue weighted by Crippen LogP contribution is 2.50. The lowest BCUT2D eigenvalue weighted by atomic mass is 9.65. The molecular formula is C12H17N. The molecule has 0 unspecified atom stereocenters. The summed E-state index contributed by atoms with van der Waals surface area (Å²) in [7, 11) is 0. The van der Waals surface area contributed by atoms with E-state index in [1.807, 2.05) is 6.08 Å². The molecule has 0 atom stereocenters. The molecule has 1 heteroatoms. The smallest absolute Gasteiger partial charge is 0.0375 e. The summed E-state index contributed by atoms with van der Waals surface area (Å²) in [5, 5.41) is 3.47. The second-order valence-corrected chi connectivity index (χ2v) is 4.02. The molecule has 1 heterocycles. The molecule has 0 aromatic carbocycles. The van der Waals surface area contributed by atoms with E-state index in [4.69, 9.17) is 0 Å². The van der Waals surface area contributed by atoms with Crippen molar-refractivity contribution in [2.45, 2.75) is 26.2 Å². The zero-order valence-electron chi connectivity index (χ0n) is 8.27. The van der Waals surface area contributed by atoms with Gasteiger partial charge in [-0.2, -0.15) is 0 Å². The molecule has 2 rings (SSSR count). The first kappa shape index (κ1) is 8.61. The van der Waals surface area contributed by atoms with E-state index < -0.39 is 0 Å². The fraction of sp³-hybridized carbons (Fsp3) is 0.500. The van der Waals surface area contributed by atoms with Gasteiger partial charge in [0.1, 0.15) is 0 Å². The maximum absolute atomic E-state index is 3.92. The van der Waals surface area contributed by atoms with Crippen LogP contribution in [0.4, 0.5) is 0 Å². The van der Waals surface area contributed by atoms with Gasteiger partial charge in [0.15, 0.2) is 0 Å². The van der Waals surface area contributed by atoms with Gasteiger partial charge in [0.2, 0.25) is 0 Å². The number of rotatable bonds is 2. The molecule has 0 aromatic heterocycles. The summed E-state index contributed by atoms with van der Waals surface area (Å²) in [5.41, 5.74) is 3.19. The molecule has 1 aliphatic carbocycles. The Morgan fingerprint density at radius 3 is 2.69 bits per heavy atom. The summed E-state index contributed by atoms with van der Waals surface area (Å²) >= 11 is 0. The van der Waals surface area contributed by atoms with Crippen LogP contribution in [0.1, 0.15) is 26.2 Å². The number of hydrogen-bond acceptors (Lipinski definition) is 1. The topological polar surface area (TPSA) is 12.0 Å². The van der Waals surface area contributed by atoms with Crippen LogP contribution in [0.2, 0.25) is 0 Å². The Kier molecular flexibility index (Phi) is 2.03. The molecular weight excluding hydrogens is 158 g/mol. The van der Waals surface area contributed by atoms with E-state index in [0.29, 0.717) is 5.41 Å². The number of allylic oxidation sites excluding steroid dienone is 3. The van der Waals surface area contributed by atoms with Gasteiger partial charge in [-0.05, 0) is 31.4 Å². The van der Waals surface area contributed by atoms with Crippen LogP contribution in [0.25, 0.3) is 0 Å². The van der Waals surface area contributed by atoms with E-state index in [0.717, 1.165) is 6.54 Å². The Bertz CT molecular complexity index is 279. The van der Waals surface area contributed by atoms with E-state index in [-0.39, 0.29) is 0 Å². The first-order valence-electron chi connectivity index (χ1n) is 5.06. The second kappa shape index (κ2) is 3.06. The quantitative estimate of drug-likeness (QED) is 0.680. The van der Waals surface area contributed by atoms with E-state index in [2.05, 4.69) is 31.0 Å². The predicted octanol–water partition coefficient (Wildman–Crippen LogP) is 2.78. The summed E-state index contributed by atoms with van der Waals surface area (Å²) in [6.07, 6.45) is 10.3. The molecule has 1 spiro atoms. The number of hydrogen-bond donors (Lipinski definition) is 1. The Labute approximate surface area is 80.2 Å². The van der Waals surface area contributed by atoms with Gasteiger partial charge in [-0.1, -0.05) is 25.2 Å². The molecule has 1 N–H and O–H groups in total. The molecule has 13 heavy (non-hydrogen) atoms. The van der Waals surface area contributed by atoms with Gasteiger partial charge in [0.05, 0.1) is 0 Å². The van der Waals surface area contributed by atoms with Crippen LogP contribution >= 0.6 is 0 Å². The molecule has 1 fully saturated rings. The van der Waals surface area contributed by atoms with Crippen LogP contribution in [-0.4, -0.2) is 6.54 Å². The maximum atomic E-state index is 3.92. The van der Waals surface area contributed by atoms with Crippen LogP contribution in [0.15, 0.2) is 36.1 Å². The fourth-order valence-corrected chi connectivity index (χ4v) is 2.43. The molecule has 0 amide bonds. The van der Waals surface area contributed by atoms with E-state index in [9.17, 15) is 0 Å². The SMILES string of the molecule is C=CC1=C(/C=C\C)NCC12CCC2. The van der Waals surface area contributed by atoms with Crippen molar-refractivity contribution >= 4 is 0 Å². The van der Waals surface area contributed by atoms with Crippen LogP contribution in [-0.2, 0) is 0 Å². The van der Waals surface area contributed by atoms with Crippen molar-refractivity contribution in [3.63, 3.8) is 0 Å². The minimum absolute atomic E-state index is 0.455. The zero-order valence-corrected chi connectivity index (χ0v) is 8.27. The monoisotopic (exact) mass is 175 g/mol. The minimum Gasteiger partial charge on any atom is -0.384 e. The highest BCUT2D eigenvalue weighted by Gasteiger charge is 2.43. The van der Waals surface area contributed by atoms with Crippen molar-refractivity contribution in [1.82, 2.24) is 5.32 Å². The molecule has 70 valence electrons. The van der Waals surface area contributed by atoms with Gasteiger partial charge in [-0.3, -0.25) is 0 Å². The van der Waals surface area contributed by atoms with Gasteiger partial charge >= 0.3 is 0 Å². The molecule has 0 bridgehead atoms. The summed E-state index contributed by atoms with van der Waals surface area (Å²) in [5.74, 6) is 0. The zero-order chi connectivity index (χ0) is 9.31. The summed E-state index contributed by atoms with van der Waals surface area (Å²) in [6.45, 7) is 7.10. The standard InChI is InChI=1S/C12H17N/c1-3-6-11-10(4-2)12(9-13-11)7-5-8-12/h3-4,6,13H,2,5,7-9H2,1H3/b6-3-. The highest BCUT2D eigenvalue weighted by molar-refractivity contribution is 5.42. The van der Waals surface area contributed by atoms with Gasteiger partial charge in [-0.25, -0.2) is 0 Å². The van der Waals surface area contributed by atoms with Crippen molar-refractivity contribution in [3.8, 4) is 0 Å². The van der Waals surface area contributed by atoms with Gasteiger partial charge in [-0.15, -0.1) is 0 Å². The summed E-state index contributed by atoms with van der Waals surface area (Å²) < 4.78 is 0. The molecule has 0 aromatic rings. The Morgan fingerprint density at radius 1 is 1.46 bits per heavy atom. The van der Waals surface area contributed by atoms with Gasteiger partial charge < -0.3 is 5.32 Å². The summed E-state index contributed by atoms with van der Waals surface area (Å²) in [6, 6.07) is 0. The molecule has 1 saturated carbocycles. The maximum Gasteiger partial charge on any atom is 0.0375 e. The van der Waals surface area contributed by atoms with Crippen molar-refractivity contribution in [1.29, 1.82) is 0 Å². The first-order chi connectivity index (χ1) is 6.32. The van der Waals surface area contributed by atoms with Crippen LogP contribution < -0.4 is 5.32 Å². The Morgan fingerprint density at radius 2 is 2.23 bits per heavy atom. The Hall–Kier alpha value is -0.980. The van der Waals surface area contributed by atoms with Crippen molar-refractivity contribution in [2.24, 2.45) is 5.41 Å². The van der Waals surface area contributed by atoms with Gasteiger partial charge in [0.25, 0.3) is 0 Å². The highest BCUT2D eigenvalue weighted by atomic mass is 14.9. The second-order valence-electron chi connectivity index (χ2n) is 4.02. The lowest BCUT2D eigenvalue weighted by Crippen LogP contribution is -2.34. The third-order valence-electron chi connectivity index (χ3n) is 3.33. The van der Waals surface area contributed by atoms with Crippen molar-refractivity contribution in [3.05, 3.63) is 36.1 Å². The third kappa shape index (κ3) is 1.14. The number of nitrogens with one attached hydrogen (secondary N) is 1. The van der Waals surface area contributed by atoms with Crippen LogP contribution in [0.5, 0.6) is 0 Å². The third-order valence-corrected chi connectivity index (χ3v) is 3.33. The summed E-state index contributed by atoms with van der Waals surface area (Å²) in [4.78, 5) is 0. The lowest BCUT2D eigenvalue weighted by molar-refractivity contribution is 0.207. The molecule has 1 aliphatic heterocycles. The van der Waals surface area contributed by atoms with Crippen molar-refractivity contribution < 1.29 is 0 Å². The van der Waals surface area contributed by atoms with Gasteiger partial charge in [0, 0.05) is 17.7 Å². The minimum atomic E-state index is 0.455. The molecule has 0 radical (unpaired) electrons. The first-order valence-corrected chi connectivity index (χ1v) is 5.06.